The van der Waals surface area contributed by atoms with Crippen LogP contribution in [0.15, 0.2) is 30.5 Å². The zero-order valence-corrected chi connectivity index (χ0v) is 19.5. The highest BCUT2D eigenvalue weighted by molar-refractivity contribution is 7.21. The molecule has 0 saturated carbocycles. The number of aryl methyl sites for hydroxylation is 1. The van der Waals surface area contributed by atoms with Crippen molar-refractivity contribution < 1.29 is 14.6 Å². The standard InChI is InChI=1S/C24H27N3O3S/c1-7-30-14-10-15(22(28)24(3,4)5)21-18(11-14)31-23(27-21)16-8-13(2)9-17-20(16)25-12-19(26-17)29-6/h8-12,22,28H,7H2,1-6H3. The molecule has 0 aliphatic heterocycles. The van der Waals surface area contributed by atoms with Gasteiger partial charge in [-0.25, -0.2) is 15.0 Å². The summed E-state index contributed by atoms with van der Waals surface area (Å²) < 4.78 is 12.0. The molecule has 1 N–H and O–H groups in total. The zero-order valence-electron chi connectivity index (χ0n) is 18.7. The monoisotopic (exact) mass is 437 g/mol. The van der Waals surface area contributed by atoms with Crippen LogP contribution in [-0.4, -0.2) is 33.8 Å². The molecule has 0 radical (unpaired) electrons. The Hall–Kier alpha value is -2.77. The molecule has 2 heterocycles. The molecular weight excluding hydrogens is 410 g/mol. The largest absolute Gasteiger partial charge is 0.494 e. The maximum atomic E-state index is 11.1. The van der Waals surface area contributed by atoms with Crippen molar-refractivity contribution >= 4 is 32.6 Å². The second kappa shape index (κ2) is 8.05. The molecule has 0 bridgehead atoms. The summed E-state index contributed by atoms with van der Waals surface area (Å²) in [5, 5.41) is 11.9. The zero-order chi connectivity index (χ0) is 22.3. The molecule has 4 rings (SSSR count). The number of aliphatic hydroxyl groups excluding tert-OH is 1. The Morgan fingerprint density at radius 1 is 1.10 bits per heavy atom. The van der Waals surface area contributed by atoms with E-state index < -0.39 is 6.10 Å². The predicted octanol–water partition coefficient (Wildman–Crippen LogP) is 5.70. The van der Waals surface area contributed by atoms with E-state index in [0.717, 1.165) is 48.7 Å². The van der Waals surface area contributed by atoms with Crippen LogP contribution in [0, 0.1) is 12.3 Å². The van der Waals surface area contributed by atoms with Crippen molar-refractivity contribution in [3.63, 3.8) is 0 Å². The summed E-state index contributed by atoms with van der Waals surface area (Å²) in [4.78, 5) is 14.1. The van der Waals surface area contributed by atoms with Crippen molar-refractivity contribution in [1.29, 1.82) is 0 Å². The number of hydrogen-bond donors (Lipinski definition) is 1. The van der Waals surface area contributed by atoms with Gasteiger partial charge in [0, 0.05) is 11.1 Å². The Bertz CT molecular complexity index is 1260. The van der Waals surface area contributed by atoms with E-state index in [-0.39, 0.29) is 5.41 Å². The predicted molar refractivity (Wildman–Crippen MR) is 125 cm³/mol. The van der Waals surface area contributed by atoms with Crippen LogP contribution in [0.5, 0.6) is 11.6 Å². The van der Waals surface area contributed by atoms with Gasteiger partial charge in [0.05, 0.1) is 47.3 Å². The summed E-state index contributed by atoms with van der Waals surface area (Å²) in [7, 11) is 1.58. The van der Waals surface area contributed by atoms with Crippen molar-refractivity contribution in [1.82, 2.24) is 15.0 Å². The number of nitrogens with zero attached hydrogens (tertiary/aromatic N) is 3. The van der Waals surface area contributed by atoms with Crippen LogP contribution in [0.4, 0.5) is 0 Å². The topological polar surface area (TPSA) is 77.4 Å². The van der Waals surface area contributed by atoms with Gasteiger partial charge in [0.1, 0.15) is 10.8 Å². The van der Waals surface area contributed by atoms with E-state index in [9.17, 15) is 5.11 Å². The van der Waals surface area contributed by atoms with Gasteiger partial charge >= 0.3 is 0 Å². The fourth-order valence-electron chi connectivity index (χ4n) is 3.58. The van der Waals surface area contributed by atoms with E-state index in [1.807, 2.05) is 52.8 Å². The highest BCUT2D eigenvalue weighted by atomic mass is 32.1. The van der Waals surface area contributed by atoms with Gasteiger partial charge in [-0.3, -0.25) is 0 Å². The molecule has 0 fully saturated rings. The lowest BCUT2D eigenvalue weighted by Gasteiger charge is -2.26. The molecule has 2 aromatic heterocycles. The van der Waals surface area contributed by atoms with Crippen LogP contribution in [0.25, 0.3) is 31.8 Å². The van der Waals surface area contributed by atoms with E-state index in [2.05, 4.69) is 16.0 Å². The van der Waals surface area contributed by atoms with Crippen LogP contribution in [0.2, 0.25) is 0 Å². The minimum absolute atomic E-state index is 0.334. The molecule has 2 aromatic carbocycles. The number of methoxy groups -OCH3 is 1. The summed E-state index contributed by atoms with van der Waals surface area (Å²) in [6.07, 6.45) is 0.944. The summed E-state index contributed by atoms with van der Waals surface area (Å²) in [5.74, 6) is 1.22. The number of aromatic nitrogens is 3. The van der Waals surface area contributed by atoms with Gasteiger partial charge < -0.3 is 14.6 Å². The molecule has 6 nitrogen and oxygen atoms in total. The Morgan fingerprint density at radius 2 is 1.87 bits per heavy atom. The molecule has 4 aromatic rings. The van der Waals surface area contributed by atoms with Crippen LogP contribution in [0.3, 0.4) is 0 Å². The molecule has 0 amide bonds. The smallest absolute Gasteiger partial charge is 0.232 e. The van der Waals surface area contributed by atoms with Crippen molar-refractivity contribution in [3.8, 4) is 22.2 Å². The van der Waals surface area contributed by atoms with E-state index >= 15 is 0 Å². The molecule has 162 valence electrons. The van der Waals surface area contributed by atoms with Crippen LogP contribution >= 0.6 is 11.3 Å². The minimum atomic E-state index is -0.677. The van der Waals surface area contributed by atoms with E-state index in [1.165, 1.54) is 0 Å². The van der Waals surface area contributed by atoms with Gasteiger partial charge in [-0.15, -0.1) is 11.3 Å². The highest BCUT2D eigenvalue weighted by Gasteiger charge is 2.28. The molecule has 31 heavy (non-hydrogen) atoms. The molecule has 0 aliphatic rings. The summed E-state index contributed by atoms with van der Waals surface area (Å²) in [5.41, 5.74) is 4.75. The Morgan fingerprint density at radius 3 is 2.55 bits per heavy atom. The normalized spacial score (nSPS) is 13.0. The molecule has 7 heteroatoms. The van der Waals surface area contributed by atoms with Gasteiger partial charge in [0.2, 0.25) is 5.88 Å². The number of fused-ring (bicyclic) bond motifs is 2. The third kappa shape index (κ3) is 4.07. The second-order valence-corrected chi connectivity index (χ2v) is 9.70. The third-order valence-electron chi connectivity index (χ3n) is 5.13. The summed E-state index contributed by atoms with van der Waals surface area (Å²) in [6.45, 7) is 10.6. The number of benzene rings is 2. The first-order chi connectivity index (χ1) is 14.7. The van der Waals surface area contributed by atoms with E-state index in [1.54, 1.807) is 24.6 Å². The number of hydrogen-bond acceptors (Lipinski definition) is 7. The second-order valence-electron chi connectivity index (χ2n) is 8.67. The number of aliphatic hydroxyl groups is 1. The lowest BCUT2D eigenvalue weighted by atomic mass is 9.84. The van der Waals surface area contributed by atoms with E-state index in [0.29, 0.717) is 12.5 Å². The lowest BCUT2D eigenvalue weighted by Crippen LogP contribution is -2.18. The maximum Gasteiger partial charge on any atom is 0.232 e. The lowest BCUT2D eigenvalue weighted by molar-refractivity contribution is 0.0636. The fraction of sp³-hybridized carbons (Fsp3) is 0.375. The van der Waals surface area contributed by atoms with Crippen LogP contribution in [-0.2, 0) is 0 Å². The average molecular weight is 438 g/mol. The molecular formula is C24H27N3O3S. The number of thiazole rings is 1. The first-order valence-corrected chi connectivity index (χ1v) is 11.1. The minimum Gasteiger partial charge on any atom is -0.494 e. The van der Waals surface area contributed by atoms with Crippen molar-refractivity contribution in [3.05, 3.63) is 41.6 Å². The molecule has 0 aliphatic carbocycles. The molecule has 0 spiro atoms. The Balaban J connectivity index is 1.96. The van der Waals surface area contributed by atoms with Crippen molar-refractivity contribution in [2.24, 2.45) is 5.41 Å². The molecule has 1 unspecified atom stereocenters. The fourth-order valence-corrected chi connectivity index (χ4v) is 4.62. The number of rotatable bonds is 5. The van der Waals surface area contributed by atoms with Crippen molar-refractivity contribution in [2.75, 3.05) is 13.7 Å². The third-order valence-corrected chi connectivity index (χ3v) is 6.17. The van der Waals surface area contributed by atoms with Gasteiger partial charge in [-0.2, -0.15) is 0 Å². The quantitative estimate of drug-likeness (QED) is 0.431. The Kier molecular flexibility index (Phi) is 5.58. The maximum absolute atomic E-state index is 11.1. The molecule has 0 saturated heterocycles. The highest BCUT2D eigenvalue weighted by Crippen LogP contribution is 2.42. The van der Waals surface area contributed by atoms with Crippen LogP contribution < -0.4 is 9.47 Å². The SMILES string of the molecule is CCOc1cc(C(O)C(C)(C)C)c2nc(-c3cc(C)cc4nc(OC)cnc34)sc2c1. The first-order valence-electron chi connectivity index (χ1n) is 10.3. The molecule has 1 atom stereocenters. The van der Waals surface area contributed by atoms with Gasteiger partial charge in [-0.1, -0.05) is 20.8 Å². The van der Waals surface area contributed by atoms with E-state index in [4.69, 9.17) is 14.5 Å². The van der Waals surface area contributed by atoms with Gasteiger partial charge in [0.25, 0.3) is 0 Å². The number of ether oxygens (including phenoxy) is 2. The van der Waals surface area contributed by atoms with Crippen LogP contribution in [0.1, 0.15) is 44.9 Å². The average Bonchev–Trinajstić information content (AvgIpc) is 3.15. The first kappa shape index (κ1) is 21.5. The Labute approximate surface area is 185 Å². The van der Waals surface area contributed by atoms with Crippen molar-refractivity contribution in [2.45, 2.75) is 40.7 Å². The van der Waals surface area contributed by atoms with Gasteiger partial charge in [0.15, 0.2) is 0 Å². The van der Waals surface area contributed by atoms with Gasteiger partial charge in [-0.05, 0) is 49.1 Å². The summed E-state index contributed by atoms with van der Waals surface area (Å²) in [6, 6.07) is 7.96. The summed E-state index contributed by atoms with van der Waals surface area (Å²) >= 11 is 1.56.